The standard InChI is InChI=1S/C22H29N3O2/c1-16(2)22-23-10-12-24(22)11-8-21(26)25-14-18(17-6-4-3-5-7-17)19-15-27-13-9-20(19)25/h3-7,10,12,16,18-20H,8-9,11,13-15H2,1-2H3. The predicted octanol–water partition coefficient (Wildman–Crippen LogP) is 3.43. The van der Waals surface area contributed by atoms with Crippen molar-refractivity contribution in [3.05, 3.63) is 54.1 Å². The van der Waals surface area contributed by atoms with Gasteiger partial charge in [0.25, 0.3) is 0 Å². The summed E-state index contributed by atoms with van der Waals surface area (Å²) in [6.07, 6.45) is 5.29. The average Bonchev–Trinajstić information content (AvgIpc) is 3.32. The van der Waals surface area contributed by atoms with Gasteiger partial charge in [0.15, 0.2) is 0 Å². The summed E-state index contributed by atoms with van der Waals surface area (Å²) < 4.78 is 7.89. The van der Waals surface area contributed by atoms with E-state index in [1.807, 2.05) is 18.5 Å². The van der Waals surface area contributed by atoms with E-state index in [1.165, 1.54) is 5.56 Å². The van der Waals surface area contributed by atoms with Gasteiger partial charge in [0.1, 0.15) is 5.82 Å². The molecule has 2 aliphatic heterocycles. The molecule has 27 heavy (non-hydrogen) atoms. The molecule has 0 bridgehead atoms. The highest BCUT2D eigenvalue weighted by atomic mass is 16.5. The molecule has 2 saturated heterocycles. The third-order valence-electron chi connectivity index (χ3n) is 6.05. The van der Waals surface area contributed by atoms with Crippen LogP contribution in [0.15, 0.2) is 42.7 Å². The first-order valence-corrected chi connectivity index (χ1v) is 10.1. The molecule has 1 amide bonds. The van der Waals surface area contributed by atoms with Gasteiger partial charge in [-0.15, -0.1) is 0 Å². The highest BCUT2D eigenvalue weighted by Crippen LogP contribution is 2.41. The summed E-state index contributed by atoms with van der Waals surface area (Å²) in [7, 11) is 0. The van der Waals surface area contributed by atoms with E-state index in [2.05, 4.69) is 52.6 Å². The minimum absolute atomic E-state index is 0.258. The van der Waals surface area contributed by atoms with Crippen LogP contribution in [0.2, 0.25) is 0 Å². The van der Waals surface area contributed by atoms with Crippen LogP contribution in [0.25, 0.3) is 0 Å². The second kappa shape index (κ2) is 7.85. The van der Waals surface area contributed by atoms with Crippen LogP contribution in [0.4, 0.5) is 0 Å². The van der Waals surface area contributed by atoms with Gasteiger partial charge >= 0.3 is 0 Å². The van der Waals surface area contributed by atoms with Crippen molar-refractivity contribution >= 4 is 5.91 Å². The second-order valence-electron chi connectivity index (χ2n) is 8.04. The first-order valence-electron chi connectivity index (χ1n) is 10.1. The van der Waals surface area contributed by atoms with E-state index >= 15 is 0 Å². The third kappa shape index (κ3) is 3.65. The van der Waals surface area contributed by atoms with Crippen LogP contribution in [0.5, 0.6) is 0 Å². The number of rotatable bonds is 5. The minimum Gasteiger partial charge on any atom is -0.381 e. The smallest absolute Gasteiger partial charge is 0.224 e. The van der Waals surface area contributed by atoms with E-state index in [4.69, 9.17) is 4.74 Å². The molecule has 3 unspecified atom stereocenters. The summed E-state index contributed by atoms with van der Waals surface area (Å²) in [4.78, 5) is 19.7. The molecule has 4 rings (SSSR count). The molecular formula is C22H29N3O2. The number of carbonyl (C=O) groups is 1. The molecule has 0 saturated carbocycles. The second-order valence-corrected chi connectivity index (χ2v) is 8.04. The molecule has 0 N–H and O–H groups in total. The Balaban J connectivity index is 1.47. The first kappa shape index (κ1) is 18.2. The first-order chi connectivity index (χ1) is 13.1. The fourth-order valence-electron chi connectivity index (χ4n) is 4.71. The molecule has 5 heteroatoms. The average molecular weight is 367 g/mol. The fourth-order valence-corrected chi connectivity index (χ4v) is 4.71. The molecule has 2 fully saturated rings. The van der Waals surface area contributed by atoms with Crippen LogP contribution in [-0.4, -0.2) is 46.2 Å². The molecular weight excluding hydrogens is 338 g/mol. The van der Waals surface area contributed by atoms with E-state index in [1.54, 1.807) is 0 Å². The highest BCUT2D eigenvalue weighted by molar-refractivity contribution is 5.77. The number of carbonyl (C=O) groups excluding carboxylic acids is 1. The SMILES string of the molecule is CC(C)c1nccn1CCC(=O)N1CC(c2ccccc2)C2COCCC21. The lowest BCUT2D eigenvalue weighted by Crippen LogP contribution is -2.42. The lowest BCUT2D eigenvalue weighted by molar-refractivity contribution is -0.134. The molecule has 5 nitrogen and oxygen atoms in total. The zero-order chi connectivity index (χ0) is 18.8. The molecule has 0 radical (unpaired) electrons. The summed E-state index contributed by atoms with van der Waals surface area (Å²) in [5.41, 5.74) is 1.32. The predicted molar refractivity (Wildman–Crippen MR) is 105 cm³/mol. The van der Waals surface area contributed by atoms with Crippen molar-refractivity contribution < 1.29 is 9.53 Å². The number of aromatic nitrogens is 2. The van der Waals surface area contributed by atoms with E-state index in [0.717, 1.165) is 32.0 Å². The Morgan fingerprint density at radius 1 is 1.30 bits per heavy atom. The summed E-state index contributed by atoms with van der Waals surface area (Å²) in [6, 6.07) is 10.9. The minimum atomic E-state index is 0.258. The maximum absolute atomic E-state index is 13.1. The normalized spacial score (nSPS) is 25.0. The van der Waals surface area contributed by atoms with Gasteiger partial charge in [-0.05, 0) is 12.0 Å². The Labute approximate surface area is 161 Å². The van der Waals surface area contributed by atoms with E-state index < -0.39 is 0 Å². The molecule has 1 aromatic carbocycles. The van der Waals surface area contributed by atoms with Crippen molar-refractivity contribution in [2.24, 2.45) is 5.92 Å². The van der Waals surface area contributed by atoms with Gasteiger partial charge in [-0.3, -0.25) is 4.79 Å². The molecule has 3 heterocycles. The van der Waals surface area contributed by atoms with E-state index in [9.17, 15) is 4.79 Å². The lowest BCUT2D eigenvalue weighted by Gasteiger charge is -2.32. The van der Waals surface area contributed by atoms with Crippen molar-refractivity contribution in [3.63, 3.8) is 0 Å². The van der Waals surface area contributed by atoms with Gasteiger partial charge < -0.3 is 14.2 Å². The van der Waals surface area contributed by atoms with Crippen molar-refractivity contribution in [3.8, 4) is 0 Å². The number of likely N-dealkylation sites (tertiary alicyclic amines) is 1. The lowest BCUT2D eigenvalue weighted by atomic mass is 9.84. The summed E-state index contributed by atoms with van der Waals surface area (Å²) in [5, 5.41) is 0. The maximum atomic E-state index is 13.1. The Morgan fingerprint density at radius 2 is 2.11 bits per heavy atom. The molecule has 2 aliphatic rings. The summed E-state index contributed by atoms with van der Waals surface area (Å²) in [6.45, 7) is 7.30. The highest BCUT2D eigenvalue weighted by Gasteiger charge is 2.45. The van der Waals surface area contributed by atoms with Crippen LogP contribution in [0.1, 0.15) is 49.9 Å². The van der Waals surface area contributed by atoms with Crippen molar-refractivity contribution in [1.82, 2.24) is 14.5 Å². The third-order valence-corrected chi connectivity index (χ3v) is 6.05. The van der Waals surface area contributed by atoms with Crippen LogP contribution in [-0.2, 0) is 16.1 Å². The van der Waals surface area contributed by atoms with Crippen molar-refractivity contribution in [2.45, 2.75) is 51.1 Å². The Bertz CT molecular complexity index is 771. The van der Waals surface area contributed by atoms with Crippen LogP contribution in [0, 0.1) is 5.92 Å². The Hall–Kier alpha value is -2.14. The number of hydrogen-bond donors (Lipinski definition) is 0. The Morgan fingerprint density at radius 3 is 2.89 bits per heavy atom. The van der Waals surface area contributed by atoms with Crippen molar-refractivity contribution in [1.29, 1.82) is 0 Å². The molecule has 1 aromatic heterocycles. The molecule has 0 aliphatic carbocycles. The number of ether oxygens (including phenoxy) is 1. The van der Waals surface area contributed by atoms with Gasteiger partial charge in [0, 0.05) is 62.3 Å². The van der Waals surface area contributed by atoms with Crippen LogP contribution < -0.4 is 0 Å². The van der Waals surface area contributed by atoms with Crippen LogP contribution in [0.3, 0.4) is 0 Å². The topological polar surface area (TPSA) is 47.4 Å². The monoisotopic (exact) mass is 367 g/mol. The number of hydrogen-bond acceptors (Lipinski definition) is 3. The van der Waals surface area contributed by atoms with Gasteiger partial charge in [0.2, 0.25) is 5.91 Å². The summed E-state index contributed by atoms with van der Waals surface area (Å²) in [5.74, 6) is 2.46. The van der Waals surface area contributed by atoms with Crippen LogP contribution >= 0.6 is 0 Å². The van der Waals surface area contributed by atoms with Gasteiger partial charge in [-0.2, -0.15) is 0 Å². The summed E-state index contributed by atoms with van der Waals surface area (Å²) >= 11 is 0. The van der Waals surface area contributed by atoms with Crippen molar-refractivity contribution in [2.75, 3.05) is 19.8 Å². The largest absolute Gasteiger partial charge is 0.381 e. The zero-order valence-corrected chi connectivity index (χ0v) is 16.3. The molecule has 144 valence electrons. The zero-order valence-electron chi connectivity index (χ0n) is 16.3. The fraction of sp³-hybridized carbons (Fsp3) is 0.545. The number of imidazole rings is 1. The van der Waals surface area contributed by atoms with Gasteiger partial charge in [-0.1, -0.05) is 44.2 Å². The number of aryl methyl sites for hydroxylation is 1. The van der Waals surface area contributed by atoms with E-state index in [-0.39, 0.29) is 5.91 Å². The number of benzene rings is 1. The molecule has 3 atom stereocenters. The molecule has 0 spiro atoms. The number of amides is 1. The Kier molecular flexibility index (Phi) is 5.30. The van der Waals surface area contributed by atoms with Gasteiger partial charge in [-0.25, -0.2) is 4.98 Å². The quantitative estimate of drug-likeness (QED) is 0.813. The maximum Gasteiger partial charge on any atom is 0.224 e. The molecule has 2 aromatic rings. The van der Waals surface area contributed by atoms with E-state index in [0.29, 0.717) is 36.8 Å². The number of fused-ring (bicyclic) bond motifs is 1. The number of nitrogens with zero attached hydrogens (tertiary/aromatic N) is 3. The van der Waals surface area contributed by atoms with Gasteiger partial charge in [0.05, 0.1) is 6.61 Å².